The number of hydrogen-bond acceptors (Lipinski definition) is 4. The molecular weight excluding hydrogens is 256 g/mol. The molecule has 5 nitrogen and oxygen atoms in total. The lowest BCUT2D eigenvalue weighted by molar-refractivity contribution is 0.0696. The molecule has 1 heterocycles. The van der Waals surface area contributed by atoms with E-state index in [1.807, 2.05) is 6.07 Å². The van der Waals surface area contributed by atoms with Crippen LogP contribution >= 0.6 is 0 Å². The Hall–Kier alpha value is -2.87. The number of carbonyl (C=O) groups is 1. The summed E-state index contributed by atoms with van der Waals surface area (Å²) < 4.78 is 5.57. The number of aromatic nitrogens is 1. The second-order valence-electron chi connectivity index (χ2n) is 4.19. The van der Waals surface area contributed by atoms with Crippen LogP contribution in [0.4, 0.5) is 0 Å². The van der Waals surface area contributed by atoms with Gasteiger partial charge in [0.25, 0.3) is 0 Å². The van der Waals surface area contributed by atoms with Gasteiger partial charge in [-0.05, 0) is 36.8 Å². The van der Waals surface area contributed by atoms with Crippen molar-refractivity contribution in [2.24, 2.45) is 0 Å². The van der Waals surface area contributed by atoms with E-state index in [2.05, 4.69) is 4.98 Å². The third-order valence-electron chi connectivity index (χ3n) is 2.82. The van der Waals surface area contributed by atoms with Crippen molar-refractivity contribution in [3.8, 4) is 11.8 Å². The van der Waals surface area contributed by atoms with Crippen LogP contribution in [0.5, 0.6) is 5.75 Å². The standard InChI is InChI=1S/C15H12N2O3/c1-10-7-12(4-5-13(10)15(18)19)20-9-11-3-2-6-17-14(11)8-16/h2-7H,9H2,1H3,(H,18,19). The summed E-state index contributed by atoms with van der Waals surface area (Å²) in [6.45, 7) is 1.92. The molecule has 0 amide bonds. The lowest BCUT2D eigenvalue weighted by atomic mass is 10.1. The van der Waals surface area contributed by atoms with Gasteiger partial charge in [0.1, 0.15) is 24.1 Å². The molecule has 1 aromatic heterocycles. The van der Waals surface area contributed by atoms with Crippen LogP contribution in [0.3, 0.4) is 0 Å². The van der Waals surface area contributed by atoms with Crippen LogP contribution in [0.2, 0.25) is 0 Å². The van der Waals surface area contributed by atoms with Gasteiger partial charge in [-0.3, -0.25) is 0 Å². The number of pyridine rings is 1. The highest BCUT2D eigenvalue weighted by atomic mass is 16.5. The van der Waals surface area contributed by atoms with Crippen molar-refractivity contribution in [1.82, 2.24) is 4.98 Å². The van der Waals surface area contributed by atoms with E-state index in [4.69, 9.17) is 15.1 Å². The van der Waals surface area contributed by atoms with E-state index in [0.717, 1.165) is 0 Å². The van der Waals surface area contributed by atoms with Crippen LogP contribution in [-0.4, -0.2) is 16.1 Å². The third-order valence-corrected chi connectivity index (χ3v) is 2.82. The number of benzene rings is 1. The lowest BCUT2D eigenvalue weighted by Gasteiger charge is -2.09. The van der Waals surface area contributed by atoms with Gasteiger partial charge in [0.05, 0.1) is 5.56 Å². The number of aryl methyl sites for hydroxylation is 1. The van der Waals surface area contributed by atoms with Crippen LogP contribution in [0, 0.1) is 18.3 Å². The molecular formula is C15H12N2O3. The molecule has 0 spiro atoms. The Morgan fingerprint density at radius 2 is 2.25 bits per heavy atom. The predicted octanol–water partition coefficient (Wildman–Crippen LogP) is 2.54. The molecule has 0 aliphatic heterocycles. The fraction of sp³-hybridized carbons (Fsp3) is 0.133. The maximum absolute atomic E-state index is 10.9. The van der Waals surface area contributed by atoms with Gasteiger partial charge in [-0.25, -0.2) is 9.78 Å². The molecule has 0 fully saturated rings. The van der Waals surface area contributed by atoms with Gasteiger partial charge in [-0.1, -0.05) is 6.07 Å². The number of nitriles is 1. The van der Waals surface area contributed by atoms with E-state index in [1.54, 1.807) is 37.4 Å². The minimum absolute atomic E-state index is 0.211. The molecule has 0 aliphatic carbocycles. The topological polar surface area (TPSA) is 83.2 Å². The SMILES string of the molecule is Cc1cc(OCc2cccnc2C#N)ccc1C(=O)O. The van der Waals surface area contributed by atoms with E-state index < -0.39 is 5.97 Å². The van der Waals surface area contributed by atoms with Crippen molar-refractivity contribution < 1.29 is 14.6 Å². The summed E-state index contributed by atoms with van der Waals surface area (Å²) in [4.78, 5) is 14.9. The minimum atomic E-state index is -0.965. The predicted molar refractivity (Wildman–Crippen MR) is 71.4 cm³/mol. The van der Waals surface area contributed by atoms with Gasteiger partial charge < -0.3 is 9.84 Å². The van der Waals surface area contributed by atoms with Gasteiger partial charge in [0.2, 0.25) is 0 Å². The zero-order valence-corrected chi connectivity index (χ0v) is 10.8. The Labute approximate surface area is 116 Å². The summed E-state index contributed by atoms with van der Waals surface area (Å²) in [5.41, 5.74) is 1.89. The summed E-state index contributed by atoms with van der Waals surface area (Å²) in [5.74, 6) is -0.409. The Balaban J connectivity index is 2.14. The van der Waals surface area contributed by atoms with Gasteiger partial charge in [-0.2, -0.15) is 5.26 Å². The summed E-state index contributed by atoms with van der Waals surface area (Å²) in [6, 6.07) is 10.3. The maximum atomic E-state index is 10.9. The molecule has 20 heavy (non-hydrogen) atoms. The van der Waals surface area contributed by atoms with E-state index in [0.29, 0.717) is 22.6 Å². The monoisotopic (exact) mass is 268 g/mol. The maximum Gasteiger partial charge on any atom is 0.335 e. The molecule has 5 heteroatoms. The van der Waals surface area contributed by atoms with Gasteiger partial charge in [0.15, 0.2) is 0 Å². The van der Waals surface area contributed by atoms with E-state index in [1.165, 1.54) is 6.07 Å². The van der Waals surface area contributed by atoms with Crippen molar-refractivity contribution in [2.75, 3.05) is 0 Å². The molecule has 0 saturated heterocycles. The summed E-state index contributed by atoms with van der Waals surface area (Å²) in [7, 11) is 0. The first-order valence-corrected chi connectivity index (χ1v) is 5.92. The molecule has 1 aromatic carbocycles. The summed E-state index contributed by atoms with van der Waals surface area (Å²) in [5, 5.41) is 17.9. The number of ether oxygens (including phenoxy) is 1. The number of aromatic carboxylic acids is 1. The molecule has 0 bridgehead atoms. The first-order valence-electron chi connectivity index (χ1n) is 5.92. The van der Waals surface area contributed by atoms with Crippen molar-refractivity contribution in [3.05, 3.63) is 58.9 Å². The molecule has 0 atom stereocenters. The quantitative estimate of drug-likeness (QED) is 0.921. The smallest absolute Gasteiger partial charge is 0.335 e. The number of carboxylic acids is 1. The van der Waals surface area contributed by atoms with Gasteiger partial charge >= 0.3 is 5.97 Å². The van der Waals surface area contributed by atoms with Crippen molar-refractivity contribution in [1.29, 1.82) is 5.26 Å². The van der Waals surface area contributed by atoms with Crippen LogP contribution in [0.15, 0.2) is 36.5 Å². The molecule has 2 aromatic rings. The highest BCUT2D eigenvalue weighted by molar-refractivity contribution is 5.89. The first kappa shape index (κ1) is 13.6. The number of carboxylic acid groups (broad SMARTS) is 1. The largest absolute Gasteiger partial charge is 0.489 e. The second kappa shape index (κ2) is 5.85. The van der Waals surface area contributed by atoms with Crippen molar-refractivity contribution in [3.63, 3.8) is 0 Å². The molecule has 2 rings (SSSR count). The Morgan fingerprint density at radius 1 is 1.45 bits per heavy atom. The Kier molecular flexibility index (Phi) is 3.96. The summed E-state index contributed by atoms with van der Waals surface area (Å²) >= 11 is 0. The fourth-order valence-electron chi connectivity index (χ4n) is 1.78. The Bertz CT molecular complexity index is 690. The molecule has 0 radical (unpaired) electrons. The molecule has 100 valence electrons. The van der Waals surface area contributed by atoms with E-state index in [9.17, 15) is 4.79 Å². The molecule has 0 saturated carbocycles. The first-order chi connectivity index (χ1) is 9.61. The zero-order valence-electron chi connectivity index (χ0n) is 10.8. The van der Waals surface area contributed by atoms with E-state index >= 15 is 0 Å². The normalized spacial score (nSPS) is 9.80. The van der Waals surface area contributed by atoms with Crippen molar-refractivity contribution >= 4 is 5.97 Å². The van der Waals surface area contributed by atoms with Crippen LogP contribution in [0.1, 0.15) is 27.2 Å². The average Bonchev–Trinajstić information content (AvgIpc) is 2.45. The number of rotatable bonds is 4. The number of nitrogens with zero attached hydrogens (tertiary/aromatic N) is 2. The highest BCUT2D eigenvalue weighted by Crippen LogP contribution is 2.19. The summed E-state index contributed by atoms with van der Waals surface area (Å²) in [6.07, 6.45) is 1.55. The average molecular weight is 268 g/mol. The van der Waals surface area contributed by atoms with E-state index in [-0.39, 0.29) is 12.2 Å². The molecule has 0 unspecified atom stereocenters. The van der Waals surface area contributed by atoms with Crippen LogP contribution < -0.4 is 4.74 Å². The number of hydrogen-bond donors (Lipinski definition) is 1. The van der Waals surface area contributed by atoms with Crippen LogP contribution in [-0.2, 0) is 6.61 Å². The van der Waals surface area contributed by atoms with Gasteiger partial charge in [0, 0.05) is 11.8 Å². The second-order valence-corrected chi connectivity index (χ2v) is 4.19. The fourth-order valence-corrected chi connectivity index (χ4v) is 1.78. The Morgan fingerprint density at radius 3 is 2.90 bits per heavy atom. The van der Waals surface area contributed by atoms with Crippen molar-refractivity contribution in [2.45, 2.75) is 13.5 Å². The molecule has 0 aliphatic rings. The lowest BCUT2D eigenvalue weighted by Crippen LogP contribution is -2.02. The third kappa shape index (κ3) is 2.93. The van der Waals surface area contributed by atoms with Gasteiger partial charge in [-0.15, -0.1) is 0 Å². The molecule has 1 N–H and O–H groups in total. The zero-order chi connectivity index (χ0) is 14.5. The van der Waals surface area contributed by atoms with Crippen LogP contribution in [0.25, 0.3) is 0 Å². The highest BCUT2D eigenvalue weighted by Gasteiger charge is 2.08. The minimum Gasteiger partial charge on any atom is -0.489 e.